The molecule has 0 amide bonds. The highest BCUT2D eigenvalue weighted by atomic mass is 16.6. The normalized spacial score (nSPS) is 44.9. The zero-order chi connectivity index (χ0) is 17.0. The molecule has 0 aliphatic carbocycles. The van der Waals surface area contributed by atoms with Crippen LogP contribution >= 0.6 is 0 Å². The van der Waals surface area contributed by atoms with E-state index in [4.69, 9.17) is 9.47 Å². The van der Waals surface area contributed by atoms with Crippen molar-refractivity contribution in [3.8, 4) is 0 Å². The Kier molecular flexibility index (Phi) is 3.78. The van der Waals surface area contributed by atoms with Crippen LogP contribution in [0, 0.1) is 5.92 Å². The summed E-state index contributed by atoms with van der Waals surface area (Å²) in [6.45, 7) is 5.41. The third-order valence-corrected chi connectivity index (χ3v) is 5.63. The first-order chi connectivity index (χ1) is 10.7. The number of hydrogen-bond donors (Lipinski definition) is 2. The van der Waals surface area contributed by atoms with E-state index >= 15 is 0 Å². The molecule has 2 saturated heterocycles. The minimum atomic E-state index is -2.22. The van der Waals surface area contributed by atoms with Gasteiger partial charge in [-0.05, 0) is 32.8 Å². The average molecular weight is 325 g/mol. The summed E-state index contributed by atoms with van der Waals surface area (Å²) in [5.41, 5.74) is -3.35. The van der Waals surface area contributed by atoms with Crippen LogP contribution in [0.4, 0.5) is 0 Å². The highest BCUT2D eigenvalue weighted by molar-refractivity contribution is 5.83. The van der Waals surface area contributed by atoms with Crippen molar-refractivity contribution in [3.05, 3.63) is 11.6 Å². The molecule has 3 heterocycles. The van der Waals surface area contributed by atoms with Gasteiger partial charge in [0, 0.05) is 13.1 Å². The number of cyclic esters (lactones) is 1. The summed E-state index contributed by atoms with van der Waals surface area (Å²) in [7, 11) is 0. The van der Waals surface area contributed by atoms with E-state index < -0.39 is 29.1 Å². The van der Waals surface area contributed by atoms with Crippen molar-refractivity contribution in [3.63, 3.8) is 0 Å². The van der Waals surface area contributed by atoms with E-state index in [1.807, 2.05) is 6.08 Å². The second-order valence-electron chi connectivity index (χ2n) is 7.00. The highest BCUT2D eigenvalue weighted by Crippen LogP contribution is 2.36. The second-order valence-corrected chi connectivity index (χ2v) is 7.00. The molecule has 0 bridgehead atoms. The van der Waals surface area contributed by atoms with Crippen LogP contribution in [0.5, 0.6) is 0 Å². The minimum Gasteiger partial charge on any atom is -0.460 e. The molecule has 7 heteroatoms. The summed E-state index contributed by atoms with van der Waals surface area (Å²) in [5, 5.41) is 21.1. The van der Waals surface area contributed by atoms with Gasteiger partial charge in [-0.3, -0.25) is 9.69 Å². The molecule has 0 aromatic carbocycles. The van der Waals surface area contributed by atoms with Crippen LogP contribution < -0.4 is 0 Å². The van der Waals surface area contributed by atoms with Crippen molar-refractivity contribution < 1.29 is 29.3 Å². The van der Waals surface area contributed by atoms with Crippen molar-refractivity contribution in [2.75, 3.05) is 19.7 Å². The molecule has 0 radical (unpaired) electrons. The molecule has 23 heavy (non-hydrogen) atoms. The maximum absolute atomic E-state index is 12.4. The zero-order valence-electron chi connectivity index (χ0n) is 13.6. The Morgan fingerprint density at radius 1 is 1.30 bits per heavy atom. The zero-order valence-corrected chi connectivity index (χ0v) is 13.6. The molecule has 0 unspecified atom stereocenters. The van der Waals surface area contributed by atoms with Crippen LogP contribution in [0.15, 0.2) is 11.6 Å². The Morgan fingerprint density at radius 3 is 2.70 bits per heavy atom. The van der Waals surface area contributed by atoms with Gasteiger partial charge in [0.25, 0.3) is 0 Å². The largest absolute Gasteiger partial charge is 0.460 e. The minimum absolute atomic E-state index is 0.0225. The maximum atomic E-state index is 12.4. The molecule has 0 aromatic rings. The smallest absolute Gasteiger partial charge is 0.341 e. The van der Waals surface area contributed by atoms with Crippen LogP contribution in [0.2, 0.25) is 0 Å². The van der Waals surface area contributed by atoms with Gasteiger partial charge in [0.05, 0.1) is 12.0 Å². The predicted octanol–water partition coefficient (Wildman–Crippen LogP) is -0.393. The van der Waals surface area contributed by atoms with Gasteiger partial charge in [-0.25, -0.2) is 4.79 Å². The monoisotopic (exact) mass is 325 g/mol. The number of rotatable bonds is 0. The van der Waals surface area contributed by atoms with Crippen molar-refractivity contribution in [2.24, 2.45) is 5.92 Å². The van der Waals surface area contributed by atoms with Crippen molar-refractivity contribution in [1.29, 1.82) is 0 Å². The van der Waals surface area contributed by atoms with Gasteiger partial charge in [-0.1, -0.05) is 6.08 Å². The van der Waals surface area contributed by atoms with Crippen LogP contribution in [0.25, 0.3) is 0 Å². The van der Waals surface area contributed by atoms with Crippen LogP contribution in [0.1, 0.15) is 27.2 Å². The van der Waals surface area contributed by atoms with Gasteiger partial charge in [-0.15, -0.1) is 0 Å². The Balaban J connectivity index is 1.97. The van der Waals surface area contributed by atoms with E-state index in [0.717, 1.165) is 25.6 Å². The molecule has 2 fully saturated rings. The number of carbonyl (C=O) groups excluding carboxylic acids is 2. The second kappa shape index (κ2) is 5.29. The molecular weight excluding hydrogens is 302 g/mol. The molecule has 0 spiro atoms. The third-order valence-electron chi connectivity index (χ3n) is 5.63. The standard InChI is InChI=1S/C16H23NO6/c1-9-13(18)23-11-5-7-17-6-4-10(12(11)17)8-22-14(19)16(3,21)15(9,2)20/h4,9,11-12,20-21H,5-8H2,1-3H3/t9-,11+,12-,15+,16-/m1/s1. The van der Waals surface area contributed by atoms with Crippen LogP contribution in [0.3, 0.4) is 0 Å². The van der Waals surface area contributed by atoms with E-state index in [1.165, 1.54) is 13.8 Å². The Labute approximate surface area is 134 Å². The Bertz CT molecular complexity index is 567. The molecule has 128 valence electrons. The van der Waals surface area contributed by atoms with Gasteiger partial charge in [-0.2, -0.15) is 0 Å². The molecule has 3 rings (SSSR count). The molecule has 3 aliphatic heterocycles. The van der Waals surface area contributed by atoms with Crippen molar-refractivity contribution in [2.45, 2.75) is 50.5 Å². The summed E-state index contributed by atoms with van der Waals surface area (Å²) < 4.78 is 10.8. The first-order valence-corrected chi connectivity index (χ1v) is 7.91. The molecule has 7 nitrogen and oxygen atoms in total. The average Bonchev–Trinajstić information content (AvgIpc) is 3.06. The van der Waals surface area contributed by atoms with E-state index in [0.29, 0.717) is 6.42 Å². The van der Waals surface area contributed by atoms with Gasteiger partial charge in [0.15, 0.2) is 5.60 Å². The van der Waals surface area contributed by atoms with Gasteiger partial charge < -0.3 is 19.7 Å². The summed E-state index contributed by atoms with van der Waals surface area (Å²) in [6.07, 6.45) is 2.34. The number of aliphatic hydroxyl groups is 2. The van der Waals surface area contributed by atoms with Gasteiger partial charge in [0.2, 0.25) is 0 Å². The first kappa shape index (κ1) is 16.4. The van der Waals surface area contributed by atoms with Crippen LogP contribution in [-0.4, -0.2) is 70.1 Å². The molecule has 5 atom stereocenters. The van der Waals surface area contributed by atoms with E-state index in [2.05, 4.69) is 4.90 Å². The Morgan fingerprint density at radius 2 is 2.00 bits per heavy atom. The fraction of sp³-hybridized carbons (Fsp3) is 0.750. The summed E-state index contributed by atoms with van der Waals surface area (Å²) in [4.78, 5) is 26.9. The Hall–Kier alpha value is -1.44. The van der Waals surface area contributed by atoms with E-state index in [9.17, 15) is 19.8 Å². The van der Waals surface area contributed by atoms with Crippen molar-refractivity contribution >= 4 is 11.9 Å². The number of esters is 2. The fourth-order valence-corrected chi connectivity index (χ4v) is 3.52. The number of carbonyl (C=O) groups is 2. The van der Waals surface area contributed by atoms with Crippen LogP contribution in [-0.2, 0) is 19.1 Å². The molecule has 3 aliphatic rings. The fourth-order valence-electron chi connectivity index (χ4n) is 3.52. The summed E-state index contributed by atoms with van der Waals surface area (Å²) in [6, 6.07) is -0.0908. The molecular formula is C16H23NO6. The summed E-state index contributed by atoms with van der Waals surface area (Å²) in [5.74, 6) is -2.65. The highest BCUT2D eigenvalue weighted by Gasteiger charge is 2.56. The lowest BCUT2D eigenvalue weighted by Gasteiger charge is -2.39. The molecule has 0 aromatic heterocycles. The lowest BCUT2D eigenvalue weighted by molar-refractivity contribution is -0.205. The predicted molar refractivity (Wildman–Crippen MR) is 79.3 cm³/mol. The summed E-state index contributed by atoms with van der Waals surface area (Å²) >= 11 is 0. The first-order valence-electron chi connectivity index (χ1n) is 7.91. The van der Waals surface area contributed by atoms with E-state index in [-0.39, 0.29) is 18.8 Å². The number of hydrogen-bond acceptors (Lipinski definition) is 7. The lowest BCUT2D eigenvalue weighted by Crippen LogP contribution is -2.61. The topological polar surface area (TPSA) is 96.3 Å². The quantitative estimate of drug-likeness (QED) is 0.462. The van der Waals surface area contributed by atoms with Crippen molar-refractivity contribution in [1.82, 2.24) is 4.90 Å². The van der Waals surface area contributed by atoms with E-state index in [1.54, 1.807) is 0 Å². The molecule has 2 N–H and O–H groups in total. The maximum Gasteiger partial charge on any atom is 0.341 e. The molecule has 0 saturated carbocycles. The number of ether oxygens (including phenoxy) is 2. The van der Waals surface area contributed by atoms with Gasteiger partial charge in [0.1, 0.15) is 18.3 Å². The van der Waals surface area contributed by atoms with Gasteiger partial charge >= 0.3 is 11.9 Å². The number of nitrogens with zero attached hydrogens (tertiary/aromatic N) is 1. The SMILES string of the molecule is C[C@@H]1C(=O)O[C@H]2CCN3CC=C(COC(=O)[C@@](C)(O)[C@@]1(C)O)[C@H]23. The third kappa shape index (κ3) is 2.38. The lowest BCUT2D eigenvalue weighted by atomic mass is 9.76.